The molecule has 2 aromatic carbocycles. The molecule has 162 valence electrons. The summed E-state index contributed by atoms with van der Waals surface area (Å²) in [5, 5.41) is 2.29. The molecule has 1 fully saturated rings. The van der Waals surface area contributed by atoms with Gasteiger partial charge in [0.2, 0.25) is 0 Å². The average Bonchev–Trinajstić information content (AvgIpc) is 2.98. The van der Waals surface area contributed by atoms with Crippen LogP contribution in [0.15, 0.2) is 58.6 Å². The molecule has 1 N–H and O–H groups in total. The van der Waals surface area contributed by atoms with Crippen LogP contribution in [-0.2, 0) is 9.59 Å². The summed E-state index contributed by atoms with van der Waals surface area (Å²) in [5.74, 6) is -1.35. The Labute approximate surface area is 194 Å². The van der Waals surface area contributed by atoms with E-state index in [0.29, 0.717) is 5.69 Å². The normalized spacial score (nSPS) is 15.5. The van der Waals surface area contributed by atoms with E-state index in [9.17, 15) is 14.4 Å². The van der Waals surface area contributed by atoms with Crippen molar-refractivity contribution in [3.05, 3.63) is 86.7 Å². The maximum atomic E-state index is 13.3. The Morgan fingerprint density at radius 1 is 0.906 bits per heavy atom. The van der Waals surface area contributed by atoms with Crippen LogP contribution in [0.3, 0.4) is 0 Å². The summed E-state index contributed by atoms with van der Waals surface area (Å²) in [6.07, 6.45) is 1.55. The lowest BCUT2D eigenvalue weighted by Gasteiger charge is -2.27. The number of aryl methyl sites for hydroxylation is 3. The minimum atomic E-state index is -0.749. The number of nitrogens with zero attached hydrogens (tertiary/aromatic N) is 2. The molecular weight excluding hydrogens is 470 g/mol. The first-order valence-corrected chi connectivity index (χ1v) is 10.9. The predicted octanol–water partition coefficient (Wildman–Crippen LogP) is 5.14. The number of urea groups is 1. The molecule has 1 aliphatic rings. The minimum Gasteiger partial charge on any atom is -0.317 e. The Kier molecular flexibility index (Phi) is 5.60. The van der Waals surface area contributed by atoms with Gasteiger partial charge in [-0.15, -0.1) is 0 Å². The van der Waals surface area contributed by atoms with E-state index in [-0.39, 0.29) is 5.57 Å². The number of para-hydroxylation sites is 1. The fraction of sp³-hybridized carbons (Fsp3) is 0.160. The molecule has 0 radical (unpaired) electrons. The summed E-state index contributed by atoms with van der Waals surface area (Å²) in [6, 6.07) is 14.4. The zero-order valence-electron chi connectivity index (χ0n) is 18.2. The number of barbiturate groups is 1. The number of carbonyl (C=O) groups excluding carboxylic acids is 3. The largest absolute Gasteiger partial charge is 0.335 e. The van der Waals surface area contributed by atoms with Gasteiger partial charge >= 0.3 is 6.03 Å². The maximum Gasteiger partial charge on any atom is 0.335 e. The summed E-state index contributed by atoms with van der Waals surface area (Å²) in [6.45, 7) is 7.67. The van der Waals surface area contributed by atoms with E-state index in [1.54, 1.807) is 18.2 Å². The average molecular weight is 492 g/mol. The highest BCUT2D eigenvalue weighted by Gasteiger charge is 2.37. The molecular formula is C25H22BrN3O3. The lowest BCUT2D eigenvalue weighted by Crippen LogP contribution is -2.54. The second kappa shape index (κ2) is 8.24. The van der Waals surface area contributed by atoms with Crippen LogP contribution in [0.4, 0.5) is 10.5 Å². The SMILES string of the molecule is Cc1cc(C)cc(N2C(=O)NC(=O)/C(=C\c3cc(C)n(-c4ccccc4Br)c3C)C2=O)c1. The fourth-order valence-corrected chi connectivity index (χ4v) is 4.53. The topological polar surface area (TPSA) is 71.4 Å². The van der Waals surface area contributed by atoms with Gasteiger partial charge in [-0.1, -0.05) is 18.2 Å². The Morgan fingerprint density at radius 2 is 1.56 bits per heavy atom. The Bertz CT molecular complexity index is 1300. The van der Waals surface area contributed by atoms with Gasteiger partial charge in [0.25, 0.3) is 11.8 Å². The number of amides is 4. The van der Waals surface area contributed by atoms with Gasteiger partial charge in [-0.2, -0.15) is 0 Å². The van der Waals surface area contributed by atoms with Crippen molar-refractivity contribution in [3.63, 3.8) is 0 Å². The first-order valence-electron chi connectivity index (χ1n) is 10.1. The molecule has 0 aliphatic carbocycles. The molecule has 1 aliphatic heterocycles. The highest BCUT2D eigenvalue weighted by atomic mass is 79.9. The van der Waals surface area contributed by atoms with Crippen molar-refractivity contribution in [2.24, 2.45) is 0 Å². The summed E-state index contributed by atoms with van der Waals surface area (Å²) in [5.41, 5.74) is 5.69. The van der Waals surface area contributed by atoms with E-state index in [1.807, 2.05) is 64.1 Å². The van der Waals surface area contributed by atoms with Gasteiger partial charge < -0.3 is 4.57 Å². The van der Waals surface area contributed by atoms with Crippen LogP contribution in [0.2, 0.25) is 0 Å². The zero-order chi connectivity index (χ0) is 23.2. The molecule has 4 rings (SSSR count). The van der Waals surface area contributed by atoms with Crippen molar-refractivity contribution >= 4 is 45.5 Å². The first kappa shape index (κ1) is 21.8. The van der Waals surface area contributed by atoms with Crippen molar-refractivity contribution < 1.29 is 14.4 Å². The third-order valence-corrected chi connectivity index (χ3v) is 6.10. The number of halogens is 1. The van der Waals surface area contributed by atoms with E-state index in [4.69, 9.17) is 0 Å². The molecule has 32 heavy (non-hydrogen) atoms. The molecule has 1 aromatic heterocycles. The van der Waals surface area contributed by atoms with Crippen LogP contribution in [0.5, 0.6) is 0 Å². The van der Waals surface area contributed by atoms with Crippen molar-refractivity contribution in [1.82, 2.24) is 9.88 Å². The van der Waals surface area contributed by atoms with Gasteiger partial charge in [-0.05, 0) is 96.7 Å². The molecule has 2 heterocycles. The Balaban J connectivity index is 1.79. The van der Waals surface area contributed by atoms with Gasteiger partial charge in [-0.3, -0.25) is 14.9 Å². The van der Waals surface area contributed by atoms with Gasteiger partial charge in [0.15, 0.2) is 0 Å². The smallest absolute Gasteiger partial charge is 0.317 e. The highest BCUT2D eigenvalue weighted by Crippen LogP contribution is 2.29. The molecule has 7 heteroatoms. The second-order valence-corrected chi connectivity index (χ2v) is 8.77. The third-order valence-electron chi connectivity index (χ3n) is 5.43. The number of aromatic nitrogens is 1. The van der Waals surface area contributed by atoms with Crippen molar-refractivity contribution in [3.8, 4) is 5.69 Å². The fourth-order valence-electron chi connectivity index (χ4n) is 4.06. The third kappa shape index (κ3) is 3.80. The van der Waals surface area contributed by atoms with Gasteiger partial charge in [0.1, 0.15) is 5.57 Å². The van der Waals surface area contributed by atoms with E-state index < -0.39 is 17.8 Å². The Hall–Kier alpha value is -3.45. The van der Waals surface area contributed by atoms with E-state index in [0.717, 1.165) is 43.1 Å². The molecule has 0 unspecified atom stereocenters. The van der Waals surface area contributed by atoms with Crippen LogP contribution < -0.4 is 10.2 Å². The monoisotopic (exact) mass is 491 g/mol. The maximum absolute atomic E-state index is 13.3. The predicted molar refractivity (Wildman–Crippen MR) is 128 cm³/mol. The molecule has 3 aromatic rings. The van der Waals surface area contributed by atoms with E-state index in [1.165, 1.54) is 0 Å². The summed E-state index contributed by atoms with van der Waals surface area (Å²) < 4.78 is 2.98. The first-order chi connectivity index (χ1) is 15.2. The van der Waals surface area contributed by atoms with Crippen LogP contribution in [0, 0.1) is 27.7 Å². The van der Waals surface area contributed by atoms with Gasteiger partial charge in [0.05, 0.1) is 11.4 Å². The molecule has 6 nitrogen and oxygen atoms in total. The summed E-state index contributed by atoms with van der Waals surface area (Å²) in [4.78, 5) is 39.4. The number of hydrogen-bond donors (Lipinski definition) is 1. The number of carbonyl (C=O) groups is 3. The minimum absolute atomic E-state index is 0.0869. The van der Waals surface area contributed by atoms with Crippen molar-refractivity contribution in [2.75, 3.05) is 4.90 Å². The summed E-state index contributed by atoms with van der Waals surface area (Å²) >= 11 is 3.58. The van der Waals surface area contributed by atoms with Gasteiger partial charge in [-0.25, -0.2) is 9.69 Å². The van der Waals surface area contributed by atoms with Crippen LogP contribution >= 0.6 is 15.9 Å². The number of benzene rings is 2. The van der Waals surface area contributed by atoms with E-state index in [2.05, 4.69) is 25.8 Å². The number of nitrogens with one attached hydrogen (secondary N) is 1. The van der Waals surface area contributed by atoms with E-state index >= 15 is 0 Å². The van der Waals surface area contributed by atoms with Crippen LogP contribution in [0.1, 0.15) is 28.1 Å². The standard InChI is InChI=1S/C25H22BrN3O3/c1-14-9-15(2)11-19(10-14)29-24(31)20(23(30)27-25(29)32)13-18-12-16(3)28(17(18)4)22-8-6-5-7-21(22)26/h5-13H,1-4H3,(H,27,30,32)/b20-13+. The molecule has 4 amide bonds. The molecule has 1 saturated heterocycles. The van der Waals surface area contributed by atoms with Crippen LogP contribution in [-0.4, -0.2) is 22.4 Å². The van der Waals surface area contributed by atoms with Crippen molar-refractivity contribution in [2.45, 2.75) is 27.7 Å². The molecule has 0 bridgehead atoms. The van der Waals surface area contributed by atoms with Gasteiger partial charge in [0, 0.05) is 15.9 Å². The molecule has 0 spiro atoms. The van der Waals surface area contributed by atoms with Crippen molar-refractivity contribution in [1.29, 1.82) is 0 Å². The highest BCUT2D eigenvalue weighted by molar-refractivity contribution is 9.10. The number of rotatable bonds is 3. The Morgan fingerprint density at radius 3 is 2.22 bits per heavy atom. The second-order valence-electron chi connectivity index (χ2n) is 7.92. The molecule has 0 atom stereocenters. The lowest BCUT2D eigenvalue weighted by molar-refractivity contribution is -0.122. The number of hydrogen-bond acceptors (Lipinski definition) is 3. The number of anilines is 1. The molecule has 0 saturated carbocycles. The zero-order valence-corrected chi connectivity index (χ0v) is 19.8. The number of imide groups is 2. The quantitative estimate of drug-likeness (QED) is 0.407. The lowest BCUT2D eigenvalue weighted by atomic mass is 10.1. The van der Waals surface area contributed by atoms with Crippen LogP contribution in [0.25, 0.3) is 11.8 Å². The summed E-state index contributed by atoms with van der Waals surface area (Å²) in [7, 11) is 0.